The molecule has 0 amide bonds. The second-order valence-electron chi connectivity index (χ2n) is 14.9. The van der Waals surface area contributed by atoms with Crippen molar-refractivity contribution in [2.24, 2.45) is 0 Å². The zero-order valence-electron chi connectivity index (χ0n) is 29.1. The summed E-state index contributed by atoms with van der Waals surface area (Å²) in [6.45, 7) is 4.72. The van der Waals surface area contributed by atoms with Crippen molar-refractivity contribution in [2.45, 2.75) is 19.3 Å². The zero-order chi connectivity index (χ0) is 35.0. The van der Waals surface area contributed by atoms with Gasteiger partial charge < -0.3 is 9.32 Å². The van der Waals surface area contributed by atoms with E-state index in [9.17, 15) is 0 Å². The lowest BCUT2D eigenvalue weighted by atomic mass is 9.82. The van der Waals surface area contributed by atoms with Gasteiger partial charge in [-0.05, 0) is 99.8 Å². The SMILES string of the molecule is CC1(C)c2ccccc2-c2ccc(N(c3ccc4c(c3)sc3ccccc34)c3ccc4c(c3)sc3ccc5c6cc7ccccc7cc6oc5c34)cc21. The first-order chi connectivity index (χ1) is 26.0. The second-order valence-corrected chi connectivity index (χ2v) is 17.1. The topological polar surface area (TPSA) is 16.4 Å². The van der Waals surface area contributed by atoms with Crippen molar-refractivity contribution in [2.75, 3.05) is 4.90 Å². The van der Waals surface area contributed by atoms with Gasteiger partial charge in [-0.15, -0.1) is 22.7 Å². The Kier molecular flexibility index (Phi) is 5.91. The highest BCUT2D eigenvalue weighted by molar-refractivity contribution is 7.26. The van der Waals surface area contributed by atoms with Crippen molar-refractivity contribution in [1.29, 1.82) is 0 Å². The van der Waals surface area contributed by atoms with Crippen molar-refractivity contribution < 1.29 is 4.42 Å². The summed E-state index contributed by atoms with van der Waals surface area (Å²) in [6.07, 6.45) is 0. The fraction of sp³-hybridized carbons (Fsp3) is 0.0612. The Morgan fingerprint density at radius 1 is 0.453 bits per heavy atom. The minimum atomic E-state index is -0.0950. The maximum atomic E-state index is 6.71. The number of thiophene rings is 2. The molecule has 0 fully saturated rings. The van der Waals surface area contributed by atoms with Crippen molar-refractivity contribution in [3.05, 3.63) is 163 Å². The fourth-order valence-corrected chi connectivity index (χ4v) is 11.3. The van der Waals surface area contributed by atoms with Crippen molar-refractivity contribution in [3.8, 4) is 11.1 Å². The van der Waals surface area contributed by atoms with E-state index < -0.39 is 0 Å². The minimum absolute atomic E-state index is 0.0950. The maximum Gasteiger partial charge on any atom is 0.144 e. The Morgan fingerprint density at radius 3 is 1.94 bits per heavy atom. The third kappa shape index (κ3) is 4.13. The van der Waals surface area contributed by atoms with Gasteiger partial charge in [-0.3, -0.25) is 0 Å². The Labute approximate surface area is 313 Å². The van der Waals surface area contributed by atoms with Crippen LogP contribution in [0.1, 0.15) is 25.0 Å². The van der Waals surface area contributed by atoms with E-state index in [2.05, 4.69) is 170 Å². The van der Waals surface area contributed by atoms with Gasteiger partial charge in [0.15, 0.2) is 0 Å². The van der Waals surface area contributed by atoms with Gasteiger partial charge in [0.25, 0.3) is 0 Å². The maximum absolute atomic E-state index is 6.71. The number of furan rings is 1. The van der Waals surface area contributed by atoms with Crippen LogP contribution in [0.15, 0.2) is 156 Å². The van der Waals surface area contributed by atoms with Crippen LogP contribution in [0, 0.1) is 0 Å². The van der Waals surface area contributed by atoms with E-state index in [-0.39, 0.29) is 5.41 Å². The molecule has 53 heavy (non-hydrogen) atoms. The van der Waals surface area contributed by atoms with E-state index in [0.717, 1.165) is 28.2 Å². The molecule has 3 aromatic heterocycles. The highest BCUT2D eigenvalue weighted by Crippen LogP contribution is 2.52. The zero-order valence-corrected chi connectivity index (χ0v) is 30.7. The number of anilines is 3. The first-order valence-corrected chi connectivity index (χ1v) is 19.8. The lowest BCUT2D eigenvalue weighted by molar-refractivity contribution is 0.660. The van der Waals surface area contributed by atoms with Crippen LogP contribution in [0.5, 0.6) is 0 Å². The van der Waals surface area contributed by atoms with E-state index in [0.29, 0.717) is 0 Å². The Morgan fingerprint density at radius 2 is 1.08 bits per heavy atom. The number of hydrogen-bond acceptors (Lipinski definition) is 4. The molecule has 0 atom stereocenters. The molecule has 8 aromatic carbocycles. The predicted octanol–water partition coefficient (Wildman–Crippen LogP) is 15.3. The van der Waals surface area contributed by atoms with Crippen LogP contribution in [0.3, 0.4) is 0 Å². The standard InChI is InChI=1S/C49H31NOS2/c1-49(2)40-13-7-5-11-33(40)34-18-15-30(25-41(34)49)50(31-16-19-36-35-12-6-8-14-43(35)52-45(36)26-31)32-17-20-38-46(27-32)53-44-22-21-37-39-23-28-9-3-4-10-29(28)24-42(39)51-48(37)47(38)44/h3-27H,1-2H3. The van der Waals surface area contributed by atoms with E-state index in [1.165, 1.54) is 84.1 Å². The summed E-state index contributed by atoms with van der Waals surface area (Å²) in [7, 11) is 0. The molecule has 3 heterocycles. The fourth-order valence-electron chi connectivity index (χ4n) is 9.04. The van der Waals surface area contributed by atoms with Gasteiger partial charge >= 0.3 is 0 Å². The van der Waals surface area contributed by atoms with Crippen LogP contribution in [-0.4, -0.2) is 0 Å². The molecule has 0 bridgehead atoms. The molecule has 250 valence electrons. The van der Waals surface area contributed by atoms with E-state index in [4.69, 9.17) is 4.42 Å². The van der Waals surface area contributed by atoms with Gasteiger partial charge in [-0.25, -0.2) is 0 Å². The van der Waals surface area contributed by atoms with E-state index in [1.807, 2.05) is 22.7 Å². The van der Waals surface area contributed by atoms with Crippen LogP contribution in [0.25, 0.3) is 84.2 Å². The Bertz CT molecular complexity index is 3340. The molecule has 1 aliphatic carbocycles. The lowest BCUT2D eigenvalue weighted by Gasteiger charge is -2.28. The average Bonchev–Trinajstić information content (AvgIpc) is 3.91. The molecule has 0 aliphatic heterocycles. The molecule has 2 nitrogen and oxygen atoms in total. The van der Waals surface area contributed by atoms with Gasteiger partial charge in [0.2, 0.25) is 0 Å². The van der Waals surface area contributed by atoms with Crippen LogP contribution in [0.4, 0.5) is 17.1 Å². The molecule has 0 unspecified atom stereocenters. The van der Waals surface area contributed by atoms with Crippen LogP contribution >= 0.6 is 22.7 Å². The summed E-state index contributed by atoms with van der Waals surface area (Å²) >= 11 is 3.71. The average molecular weight is 714 g/mol. The quantitative estimate of drug-likeness (QED) is 0.181. The smallest absolute Gasteiger partial charge is 0.144 e. The van der Waals surface area contributed by atoms with Crippen LogP contribution in [-0.2, 0) is 5.41 Å². The van der Waals surface area contributed by atoms with E-state index in [1.54, 1.807) is 0 Å². The first kappa shape index (κ1) is 29.6. The third-order valence-corrected chi connectivity index (χ3v) is 13.9. The highest BCUT2D eigenvalue weighted by Gasteiger charge is 2.35. The molecule has 0 radical (unpaired) electrons. The normalized spacial score (nSPS) is 13.6. The summed E-state index contributed by atoms with van der Waals surface area (Å²) in [4.78, 5) is 2.45. The molecule has 1 aliphatic rings. The Balaban J connectivity index is 1.07. The van der Waals surface area contributed by atoms with Crippen molar-refractivity contribution >= 4 is 113 Å². The van der Waals surface area contributed by atoms with Gasteiger partial charge in [-0.1, -0.05) is 98.8 Å². The Hall–Kier alpha value is -5.94. The summed E-state index contributed by atoms with van der Waals surface area (Å²) in [5.74, 6) is 0. The monoisotopic (exact) mass is 713 g/mol. The van der Waals surface area contributed by atoms with Crippen molar-refractivity contribution in [1.82, 2.24) is 0 Å². The van der Waals surface area contributed by atoms with Gasteiger partial charge in [0.1, 0.15) is 11.2 Å². The lowest BCUT2D eigenvalue weighted by Crippen LogP contribution is -2.16. The molecule has 0 N–H and O–H groups in total. The van der Waals surface area contributed by atoms with Crippen molar-refractivity contribution in [3.63, 3.8) is 0 Å². The molecular formula is C49H31NOS2. The van der Waals surface area contributed by atoms with Gasteiger partial charge in [0, 0.05) is 73.6 Å². The number of hydrogen-bond donors (Lipinski definition) is 0. The summed E-state index contributed by atoms with van der Waals surface area (Å²) in [5.41, 5.74) is 10.7. The summed E-state index contributed by atoms with van der Waals surface area (Å²) < 4.78 is 11.8. The summed E-state index contributed by atoms with van der Waals surface area (Å²) in [6, 6.07) is 56.2. The first-order valence-electron chi connectivity index (χ1n) is 18.2. The number of fused-ring (bicyclic) bond motifs is 14. The summed E-state index contributed by atoms with van der Waals surface area (Å²) in [5, 5.41) is 9.82. The molecule has 0 saturated carbocycles. The highest BCUT2D eigenvalue weighted by atomic mass is 32.1. The number of benzene rings is 8. The van der Waals surface area contributed by atoms with Crippen LogP contribution < -0.4 is 4.90 Å². The second kappa shape index (κ2) is 10.6. The molecule has 0 spiro atoms. The largest absolute Gasteiger partial charge is 0.455 e. The molecule has 4 heteroatoms. The van der Waals surface area contributed by atoms with Gasteiger partial charge in [-0.2, -0.15) is 0 Å². The molecule has 12 rings (SSSR count). The van der Waals surface area contributed by atoms with Crippen LogP contribution in [0.2, 0.25) is 0 Å². The molecule has 11 aromatic rings. The van der Waals surface area contributed by atoms with E-state index >= 15 is 0 Å². The predicted molar refractivity (Wildman–Crippen MR) is 229 cm³/mol. The molecular weight excluding hydrogens is 683 g/mol. The third-order valence-electron chi connectivity index (χ3n) is 11.6. The minimum Gasteiger partial charge on any atom is -0.455 e. The molecule has 0 saturated heterocycles. The van der Waals surface area contributed by atoms with Gasteiger partial charge in [0.05, 0.1) is 0 Å². The number of rotatable bonds is 3. The number of nitrogens with zero attached hydrogens (tertiary/aromatic N) is 1.